The average Bonchev–Trinajstić information content (AvgIpc) is 2.26. The van der Waals surface area contributed by atoms with Gasteiger partial charge in [0.15, 0.2) is 0 Å². The predicted molar refractivity (Wildman–Crippen MR) is 67.1 cm³/mol. The van der Waals surface area contributed by atoms with Crippen molar-refractivity contribution in [2.75, 3.05) is 11.9 Å². The third kappa shape index (κ3) is 2.50. The van der Waals surface area contributed by atoms with E-state index in [1.54, 1.807) is 32.2 Å². The van der Waals surface area contributed by atoms with Gasteiger partial charge in [-0.1, -0.05) is 22.5 Å². The molecule has 1 aromatic rings. The molecule has 0 spiro atoms. The van der Waals surface area contributed by atoms with E-state index in [-0.39, 0.29) is 5.91 Å². The van der Waals surface area contributed by atoms with E-state index < -0.39 is 0 Å². The fourth-order valence-corrected chi connectivity index (χ4v) is 1.62. The zero-order valence-electron chi connectivity index (χ0n) is 9.12. The lowest BCUT2D eigenvalue weighted by Gasteiger charge is -2.18. The number of carbonyl (C=O) groups is 1. The molecule has 0 bridgehead atoms. The molecule has 0 saturated carbocycles. The van der Waals surface area contributed by atoms with E-state index in [0.29, 0.717) is 16.8 Å². The van der Waals surface area contributed by atoms with Crippen molar-refractivity contribution >= 4 is 27.5 Å². The molecule has 0 aliphatic heterocycles. The average molecular weight is 279 g/mol. The summed E-state index contributed by atoms with van der Waals surface area (Å²) in [6.45, 7) is 5.24. The number of amides is 1. The number of likely N-dealkylation sites (N-methyl/N-ethyl adjacent to an activating group) is 1. The highest BCUT2D eigenvalue weighted by Crippen LogP contribution is 2.24. The molecule has 1 aromatic carbocycles. The van der Waals surface area contributed by atoms with Crippen LogP contribution in [0.25, 0.3) is 0 Å². The van der Waals surface area contributed by atoms with Gasteiger partial charge in [0.2, 0.25) is 0 Å². The highest BCUT2D eigenvalue weighted by molar-refractivity contribution is 9.10. The van der Waals surface area contributed by atoms with Crippen LogP contribution in [-0.2, 0) is 4.79 Å². The molecule has 0 aliphatic carbocycles. The van der Waals surface area contributed by atoms with Crippen molar-refractivity contribution in [1.82, 2.24) is 0 Å². The number of hydrogen-bond acceptors (Lipinski definition) is 2. The van der Waals surface area contributed by atoms with E-state index in [9.17, 15) is 4.79 Å². The number of hydrogen-bond donors (Lipinski definition) is 0. The largest absolute Gasteiger partial charge is 0.310 e. The topological polar surface area (TPSA) is 44.1 Å². The zero-order chi connectivity index (χ0) is 12.3. The molecule has 0 N–H and O–H groups in total. The third-order valence-corrected chi connectivity index (χ3v) is 2.60. The first kappa shape index (κ1) is 12.5. The van der Waals surface area contributed by atoms with Crippen LogP contribution in [0.5, 0.6) is 0 Å². The highest BCUT2D eigenvalue weighted by atomic mass is 79.9. The first-order valence-corrected chi connectivity index (χ1v) is 5.40. The Morgan fingerprint density at radius 1 is 1.56 bits per heavy atom. The molecule has 82 valence electrons. The Hall–Kier alpha value is -1.60. The summed E-state index contributed by atoms with van der Waals surface area (Å²) >= 11 is 3.31. The summed E-state index contributed by atoms with van der Waals surface area (Å²) in [5, 5.41) is 8.95. The van der Waals surface area contributed by atoms with Crippen LogP contribution < -0.4 is 4.90 Å². The normalized spacial score (nSPS) is 9.38. The van der Waals surface area contributed by atoms with Crippen LogP contribution in [0.2, 0.25) is 0 Å². The minimum Gasteiger partial charge on any atom is -0.310 e. The van der Waals surface area contributed by atoms with Crippen LogP contribution in [0.3, 0.4) is 0 Å². The van der Waals surface area contributed by atoms with Gasteiger partial charge in [-0.25, -0.2) is 0 Å². The summed E-state index contributed by atoms with van der Waals surface area (Å²) < 4.78 is 0.822. The monoisotopic (exact) mass is 278 g/mol. The Morgan fingerprint density at radius 2 is 2.19 bits per heavy atom. The van der Waals surface area contributed by atoms with Crippen molar-refractivity contribution in [3.8, 4) is 6.07 Å². The van der Waals surface area contributed by atoms with Crippen molar-refractivity contribution in [2.24, 2.45) is 0 Å². The van der Waals surface area contributed by atoms with Crippen LogP contribution in [0, 0.1) is 11.3 Å². The molecular formula is C12H11BrN2O. The van der Waals surface area contributed by atoms with Gasteiger partial charge in [0.05, 0.1) is 11.3 Å². The SMILES string of the molecule is C=C(C)C(=O)N(C)c1cc(Br)ccc1C#N. The Kier molecular flexibility index (Phi) is 3.86. The van der Waals surface area contributed by atoms with Gasteiger partial charge in [-0.15, -0.1) is 0 Å². The summed E-state index contributed by atoms with van der Waals surface area (Å²) in [4.78, 5) is 13.1. The Labute approximate surface area is 103 Å². The molecule has 1 amide bonds. The van der Waals surface area contributed by atoms with E-state index >= 15 is 0 Å². The summed E-state index contributed by atoms with van der Waals surface area (Å²) in [6, 6.07) is 7.22. The summed E-state index contributed by atoms with van der Waals surface area (Å²) in [5.74, 6) is -0.199. The molecule has 0 atom stereocenters. The lowest BCUT2D eigenvalue weighted by molar-refractivity contribution is -0.114. The molecule has 1 rings (SSSR count). The summed E-state index contributed by atoms with van der Waals surface area (Å²) in [6.07, 6.45) is 0. The first-order chi connectivity index (χ1) is 7.47. The van der Waals surface area contributed by atoms with Gasteiger partial charge in [0, 0.05) is 17.1 Å². The molecule has 0 unspecified atom stereocenters. The molecule has 0 aliphatic rings. The lowest BCUT2D eigenvalue weighted by atomic mass is 10.1. The molecule has 3 nitrogen and oxygen atoms in total. The number of nitriles is 1. The van der Waals surface area contributed by atoms with Gasteiger partial charge < -0.3 is 4.90 Å². The maximum absolute atomic E-state index is 11.7. The van der Waals surface area contributed by atoms with E-state index in [1.165, 1.54) is 4.90 Å². The second-order valence-corrected chi connectivity index (χ2v) is 4.33. The van der Waals surface area contributed by atoms with Gasteiger partial charge in [0.25, 0.3) is 5.91 Å². The number of rotatable bonds is 2. The van der Waals surface area contributed by atoms with Gasteiger partial charge in [-0.3, -0.25) is 4.79 Å². The zero-order valence-corrected chi connectivity index (χ0v) is 10.7. The highest BCUT2D eigenvalue weighted by Gasteiger charge is 2.15. The van der Waals surface area contributed by atoms with Crippen LogP contribution in [0.1, 0.15) is 12.5 Å². The van der Waals surface area contributed by atoms with Crippen molar-refractivity contribution < 1.29 is 4.79 Å². The third-order valence-electron chi connectivity index (χ3n) is 2.11. The van der Waals surface area contributed by atoms with Crippen LogP contribution in [0.15, 0.2) is 34.8 Å². The molecule has 0 aromatic heterocycles. The van der Waals surface area contributed by atoms with Gasteiger partial charge in [0.1, 0.15) is 6.07 Å². The molecule has 0 fully saturated rings. The summed E-state index contributed by atoms with van der Waals surface area (Å²) in [7, 11) is 1.62. The van der Waals surface area contributed by atoms with Crippen LogP contribution in [0.4, 0.5) is 5.69 Å². The van der Waals surface area contributed by atoms with E-state index in [1.807, 2.05) is 0 Å². The second kappa shape index (κ2) is 4.95. The van der Waals surface area contributed by atoms with E-state index in [4.69, 9.17) is 5.26 Å². The Balaban J connectivity index is 3.22. The fourth-order valence-electron chi connectivity index (χ4n) is 1.27. The van der Waals surface area contributed by atoms with Crippen LogP contribution >= 0.6 is 15.9 Å². The van der Waals surface area contributed by atoms with Crippen molar-refractivity contribution in [3.63, 3.8) is 0 Å². The first-order valence-electron chi connectivity index (χ1n) is 4.60. The Morgan fingerprint density at radius 3 is 2.69 bits per heavy atom. The fraction of sp³-hybridized carbons (Fsp3) is 0.167. The standard InChI is InChI=1S/C12H11BrN2O/c1-8(2)12(16)15(3)11-6-10(13)5-4-9(11)7-14/h4-6H,1H2,2-3H3. The van der Waals surface area contributed by atoms with Crippen molar-refractivity contribution in [3.05, 3.63) is 40.4 Å². The molecule has 0 radical (unpaired) electrons. The quantitative estimate of drug-likeness (QED) is 0.781. The lowest BCUT2D eigenvalue weighted by Crippen LogP contribution is -2.27. The number of halogens is 1. The van der Waals surface area contributed by atoms with Crippen molar-refractivity contribution in [1.29, 1.82) is 5.26 Å². The Bertz CT molecular complexity index is 488. The van der Waals surface area contributed by atoms with Crippen LogP contribution in [-0.4, -0.2) is 13.0 Å². The molecule has 0 heterocycles. The smallest absolute Gasteiger partial charge is 0.253 e. The molecule has 4 heteroatoms. The van der Waals surface area contributed by atoms with Crippen molar-refractivity contribution in [2.45, 2.75) is 6.92 Å². The minimum atomic E-state index is -0.199. The predicted octanol–water partition coefficient (Wildman–Crippen LogP) is 2.86. The maximum Gasteiger partial charge on any atom is 0.253 e. The number of benzene rings is 1. The number of anilines is 1. The van der Waals surface area contributed by atoms with Gasteiger partial charge in [-0.2, -0.15) is 5.26 Å². The minimum absolute atomic E-state index is 0.199. The van der Waals surface area contributed by atoms with E-state index in [2.05, 4.69) is 28.6 Å². The number of nitrogens with zero attached hydrogens (tertiary/aromatic N) is 2. The summed E-state index contributed by atoms with van der Waals surface area (Å²) in [5.41, 5.74) is 1.47. The second-order valence-electron chi connectivity index (χ2n) is 3.42. The van der Waals surface area contributed by atoms with E-state index in [0.717, 1.165) is 4.47 Å². The van der Waals surface area contributed by atoms with Gasteiger partial charge >= 0.3 is 0 Å². The maximum atomic E-state index is 11.7. The molecular weight excluding hydrogens is 268 g/mol. The molecule has 0 saturated heterocycles. The molecule has 16 heavy (non-hydrogen) atoms. The number of carbonyl (C=O) groups excluding carboxylic acids is 1. The van der Waals surface area contributed by atoms with Gasteiger partial charge in [-0.05, 0) is 25.1 Å².